The molecule has 0 spiro atoms. The Kier molecular flexibility index (Phi) is 3.58. The van der Waals surface area contributed by atoms with Gasteiger partial charge in [-0.05, 0) is 31.2 Å². The average molecular weight is 300 g/mol. The molecule has 0 radical (unpaired) electrons. The standard InChI is InChI=1S/C15H14ClN5/c1-10(13-9-11(16)7-8-17-13)19-20-15-18-12-5-3-4-6-14(12)21(15)2/h3-9H,1-2H3,(H,18,20). The van der Waals surface area contributed by atoms with Crippen LogP contribution in [-0.2, 0) is 7.05 Å². The summed E-state index contributed by atoms with van der Waals surface area (Å²) in [5.74, 6) is 0.678. The number of hydrogen-bond acceptors (Lipinski definition) is 4. The molecule has 2 aromatic heterocycles. The number of fused-ring (bicyclic) bond motifs is 1. The summed E-state index contributed by atoms with van der Waals surface area (Å²) in [7, 11) is 1.94. The van der Waals surface area contributed by atoms with Crippen molar-refractivity contribution in [3.8, 4) is 0 Å². The minimum absolute atomic E-state index is 0.636. The highest BCUT2D eigenvalue weighted by molar-refractivity contribution is 6.30. The average Bonchev–Trinajstić information content (AvgIpc) is 2.82. The van der Waals surface area contributed by atoms with E-state index in [1.165, 1.54) is 0 Å². The third kappa shape index (κ3) is 2.73. The zero-order valence-electron chi connectivity index (χ0n) is 11.7. The van der Waals surface area contributed by atoms with Crippen molar-refractivity contribution in [2.45, 2.75) is 6.92 Å². The Morgan fingerprint density at radius 2 is 2.10 bits per heavy atom. The van der Waals surface area contributed by atoms with Crippen LogP contribution in [0.15, 0.2) is 47.7 Å². The number of anilines is 1. The van der Waals surface area contributed by atoms with Crippen LogP contribution in [0.4, 0.5) is 5.95 Å². The lowest BCUT2D eigenvalue weighted by molar-refractivity contribution is 0.942. The molecule has 0 fully saturated rings. The number of aromatic nitrogens is 3. The summed E-state index contributed by atoms with van der Waals surface area (Å²) in [5, 5.41) is 4.96. The van der Waals surface area contributed by atoms with Gasteiger partial charge in [-0.3, -0.25) is 4.98 Å². The van der Waals surface area contributed by atoms with Crippen LogP contribution in [0, 0.1) is 0 Å². The summed E-state index contributed by atoms with van der Waals surface area (Å²) in [6, 6.07) is 11.4. The van der Waals surface area contributed by atoms with Gasteiger partial charge in [-0.15, -0.1) is 0 Å². The van der Waals surface area contributed by atoms with Crippen LogP contribution in [0.3, 0.4) is 0 Å². The van der Waals surface area contributed by atoms with Gasteiger partial charge < -0.3 is 4.57 Å². The van der Waals surface area contributed by atoms with Crippen molar-refractivity contribution >= 4 is 34.3 Å². The lowest BCUT2D eigenvalue weighted by Crippen LogP contribution is -2.04. The van der Waals surface area contributed by atoms with Crippen molar-refractivity contribution in [1.29, 1.82) is 0 Å². The summed E-state index contributed by atoms with van der Waals surface area (Å²) in [4.78, 5) is 8.73. The van der Waals surface area contributed by atoms with E-state index < -0.39 is 0 Å². The van der Waals surface area contributed by atoms with E-state index in [4.69, 9.17) is 11.6 Å². The maximum Gasteiger partial charge on any atom is 0.224 e. The van der Waals surface area contributed by atoms with Crippen LogP contribution in [-0.4, -0.2) is 20.2 Å². The molecule has 0 amide bonds. The van der Waals surface area contributed by atoms with Crippen molar-refractivity contribution in [2.75, 3.05) is 5.43 Å². The van der Waals surface area contributed by atoms with Gasteiger partial charge in [0.15, 0.2) is 0 Å². The second-order valence-electron chi connectivity index (χ2n) is 4.65. The fourth-order valence-electron chi connectivity index (χ4n) is 2.04. The Hall–Kier alpha value is -2.40. The van der Waals surface area contributed by atoms with Crippen LogP contribution in [0.25, 0.3) is 11.0 Å². The molecule has 0 saturated carbocycles. The van der Waals surface area contributed by atoms with E-state index in [1.54, 1.807) is 18.3 Å². The highest BCUT2D eigenvalue weighted by Gasteiger charge is 2.06. The highest BCUT2D eigenvalue weighted by Crippen LogP contribution is 2.17. The van der Waals surface area contributed by atoms with Crippen molar-refractivity contribution in [1.82, 2.24) is 14.5 Å². The van der Waals surface area contributed by atoms with E-state index >= 15 is 0 Å². The molecular weight excluding hydrogens is 286 g/mol. The largest absolute Gasteiger partial charge is 0.312 e. The number of para-hydroxylation sites is 2. The summed E-state index contributed by atoms with van der Waals surface area (Å²) in [6.07, 6.45) is 1.66. The third-order valence-electron chi connectivity index (χ3n) is 3.20. The minimum atomic E-state index is 0.636. The van der Waals surface area contributed by atoms with Gasteiger partial charge in [-0.1, -0.05) is 23.7 Å². The van der Waals surface area contributed by atoms with Gasteiger partial charge in [0.2, 0.25) is 5.95 Å². The van der Waals surface area contributed by atoms with Crippen molar-refractivity contribution in [3.05, 3.63) is 53.3 Å². The van der Waals surface area contributed by atoms with E-state index in [0.29, 0.717) is 11.0 Å². The first-order valence-corrected chi connectivity index (χ1v) is 6.86. The van der Waals surface area contributed by atoms with E-state index in [0.717, 1.165) is 22.4 Å². The Bertz CT molecular complexity index is 822. The molecule has 5 nitrogen and oxygen atoms in total. The molecule has 106 valence electrons. The molecular formula is C15H14ClN5. The van der Waals surface area contributed by atoms with Gasteiger partial charge in [0.25, 0.3) is 0 Å². The molecule has 0 bridgehead atoms. The predicted molar refractivity (Wildman–Crippen MR) is 85.8 cm³/mol. The molecule has 6 heteroatoms. The van der Waals surface area contributed by atoms with Crippen molar-refractivity contribution in [2.24, 2.45) is 12.1 Å². The Labute approximate surface area is 127 Å². The number of pyridine rings is 1. The number of nitrogens with one attached hydrogen (secondary N) is 1. The first-order valence-electron chi connectivity index (χ1n) is 6.49. The van der Waals surface area contributed by atoms with Gasteiger partial charge in [-0.2, -0.15) is 5.10 Å². The molecule has 3 aromatic rings. The molecule has 21 heavy (non-hydrogen) atoms. The van der Waals surface area contributed by atoms with Gasteiger partial charge in [0.05, 0.1) is 22.4 Å². The monoisotopic (exact) mass is 299 g/mol. The zero-order chi connectivity index (χ0) is 14.8. The Morgan fingerprint density at radius 3 is 2.86 bits per heavy atom. The summed E-state index contributed by atoms with van der Waals surface area (Å²) >= 11 is 5.95. The molecule has 0 aliphatic carbocycles. The summed E-state index contributed by atoms with van der Waals surface area (Å²) in [5.41, 5.74) is 6.42. The normalized spacial score (nSPS) is 11.9. The number of hydrazone groups is 1. The van der Waals surface area contributed by atoms with Gasteiger partial charge >= 0.3 is 0 Å². The minimum Gasteiger partial charge on any atom is -0.312 e. The number of hydrogen-bond donors (Lipinski definition) is 1. The van der Waals surface area contributed by atoms with Crippen LogP contribution in [0.2, 0.25) is 5.02 Å². The van der Waals surface area contributed by atoms with Gasteiger partial charge in [0, 0.05) is 18.3 Å². The fourth-order valence-corrected chi connectivity index (χ4v) is 2.20. The first-order chi connectivity index (χ1) is 10.1. The lowest BCUT2D eigenvalue weighted by Gasteiger charge is -2.03. The number of imidazole rings is 1. The van der Waals surface area contributed by atoms with Crippen LogP contribution in [0.5, 0.6) is 0 Å². The van der Waals surface area contributed by atoms with Crippen LogP contribution in [0.1, 0.15) is 12.6 Å². The number of benzene rings is 1. The number of aryl methyl sites for hydroxylation is 1. The number of rotatable bonds is 3. The smallest absolute Gasteiger partial charge is 0.224 e. The summed E-state index contributed by atoms with van der Waals surface area (Å²) < 4.78 is 1.96. The molecule has 1 N–H and O–H groups in total. The highest BCUT2D eigenvalue weighted by atomic mass is 35.5. The molecule has 2 heterocycles. The summed E-state index contributed by atoms with van der Waals surface area (Å²) in [6.45, 7) is 1.87. The molecule has 1 aromatic carbocycles. The maximum atomic E-state index is 5.95. The fraction of sp³-hybridized carbons (Fsp3) is 0.133. The van der Waals surface area contributed by atoms with Gasteiger partial charge in [-0.25, -0.2) is 10.4 Å². The van der Waals surface area contributed by atoms with E-state index in [2.05, 4.69) is 20.5 Å². The van der Waals surface area contributed by atoms with E-state index in [1.807, 2.05) is 42.8 Å². The van der Waals surface area contributed by atoms with E-state index in [-0.39, 0.29) is 0 Å². The molecule has 0 unspecified atom stereocenters. The van der Waals surface area contributed by atoms with Crippen molar-refractivity contribution < 1.29 is 0 Å². The van der Waals surface area contributed by atoms with Crippen LogP contribution < -0.4 is 5.43 Å². The van der Waals surface area contributed by atoms with Gasteiger partial charge in [0.1, 0.15) is 0 Å². The second-order valence-corrected chi connectivity index (χ2v) is 5.09. The Balaban J connectivity index is 1.88. The topological polar surface area (TPSA) is 55.1 Å². The zero-order valence-corrected chi connectivity index (χ0v) is 12.5. The van der Waals surface area contributed by atoms with Crippen molar-refractivity contribution in [3.63, 3.8) is 0 Å². The number of nitrogens with zero attached hydrogens (tertiary/aromatic N) is 4. The SMILES string of the molecule is CC(=NNc1nc2ccccc2n1C)c1cc(Cl)ccn1. The molecule has 0 atom stereocenters. The molecule has 0 aliphatic rings. The molecule has 0 saturated heterocycles. The lowest BCUT2D eigenvalue weighted by atomic mass is 10.3. The number of halogens is 1. The van der Waals surface area contributed by atoms with Crippen LogP contribution >= 0.6 is 11.6 Å². The third-order valence-corrected chi connectivity index (χ3v) is 3.44. The van der Waals surface area contributed by atoms with E-state index in [9.17, 15) is 0 Å². The predicted octanol–water partition coefficient (Wildman–Crippen LogP) is 3.46. The first kappa shape index (κ1) is 13.6. The molecule has 0 aliphatic heterocycles. The maximum absolute atomic E-state index is 5.95. The Morgan fingerprint density at radius 1 is 1.29 bits per heavy atom. The second kappa shape index (κ2) is 5.54. The quantitative estimate of drug-likeness (QED) is 0.595. The molecule has 3 rings (SSSR count).